The van der Waals surface area contributed by atoms with Crippen LogP contribution >= 0.6 is 0 Å². The molecule has 24 heavy (non-hydrogen) atoms. The van der Waals surface area contributed by atoms with Gasteiger partial charge in [0.05, 0.1) is 12.0 Å². The molecule has 0 radical (unpaired) electrons. The first-order valence-electron chi connectivity index (χ1n) is 7.96. The van der Waals surface area contributed by atoms with Crippen LogP contribution in [0.3, 0.4) is 0 Å². The summed E-state index contributed by atoms with van der Waals surface area (Å²) in [6.07, 6.45) is 2.36. The Bertz CT molecular complexity index is 779. The summed E-state index contributed by atoms with van der Waals surface area (Å²) in [4.78, 5) is 12.0. The molecule has 5 heteroatoms. The Hall–Kier alpha value is -2.79. The van der Waals surface area contributed by atoms with E-state index in [2.05, 4.69) is 10.6 Å². The van der Waals surface area contributed by atoms with Gasteiger partial charge in [-0.1, -0.05) is 36.4 Å². The molecule has 1 aromatic heterocycles. The van der Waals surface area contributed by atoms with E-state index in [9.17, 15) is 4.79 Å². The second-order valence-electron chi connectivity index (χ2n) is 5.39. The SMILES string of the molecule is O=C(NCCCOCc1ccco1)Nc1cccc2ccccc12. The fraction of sp³-hybridized carbons (Fsp3) is 0.211. The first-order chi connectivity index (χ1) is 11.8. The lowest BCUT2D eigenvalue weighted by atomic mass is 10.1. The van der Waals surface area contributed by atoms with Gasteiger partial charge in [0, 0.05) is 18.5 Å². The van der Waals surface area contributed by atoms with E-state index >= 15 is 0 Å². The van der Waals surface area contributed by atoms with Crippen molar-refractivity contribution in [1.82, 2.24) is 5.32 Å². The van der Waals surface area contributed by atoms with Crippen molar-refractivity contribution in [2.24, 2.45) is 0 Å². The van der Waals surface area contributed by atoms with Gasteiger partial charge in [-0.15, -0.1) is 0 Å². The van der Waals surface area contributed by atoms with E-state index in [1.54, 1.807) is 6.26 Å². The summed E-state index contributed by atoms with van der Waals surface area (Å²) < 4.78 is 10.6. The highest BCUT2D eigenvalue weighted by atomic mass is 16.5. The molecule has 0 bridgehead atoms. The van der Waals surface area contributed by atoms with Crippen molar-refractivity contribution in [2.45, 2.75) is 13.0 Å². The van der Waals surface area contributed by atoms with Crippen LogP contribution in [0.2, 0.25) is 0 Å². The van der Waals surface area contributed by atoms with Crippen LogP contribution in [0.1, 0.15) is 12.2 Å². The molecule has 1 heterocycles. The molecule has 0 saturated carbocycles. The molecule has 2 aromatic carbocycles. The van der Waals surface area contributed by atoms with Gasteiger partial charge in [-0.3, -0.25) is 0 Å². The van der Waals surface area contributed by atoms with E-state index < -0.39 is 0 Å². The Kier molecular flexibility index (Phi) is 5.48. The molecule has 2 N–H and O–H groups in total. The standard InChI is InChI=1S/C19H20N2O3/c22-19(20-11-5-12-23-14-16-8-4-13-24-16)21-18-10-3-7-15-6-1-2-9-17(15)18/h1-4,6-10,13H,5,11-12,14H2,(H2,20,21,22). The van der Waals surface area contributed by atoms with E-state index in [1.807, 2.05) is 54.6 Å². The Labute approximate surface area is 140 Å². The average molecular weight is 324 g/mol. The summed E-state index contributed by atoms with van der Waals surface area (Å²) in [5.74, 6) is 0.802. The van der Waals surface area contributed by atoms with Crippen molar-refractivity contribution in [2.75, 3.05) is 18.5 Å². The summed E-state index contributed by atoms with van der Waals surface area (Å²) in [6.45, 7) is 1.57. The second-order valence-corrected chi connectivity index (χ2v) is 5.39. The number of carbonyl (C=O) groups is 1. The average Bonchev–Trinajstić information content (AvgIpc) is 3.12. The van der Waals surface area contributed by atoms with Crippen molar-refractivity contribution >= 4 is 22.5 Å². The third-order valence-corrected chi connectivity index (χ3v) is 3.61. The van der Waals surface area contributed by atoms with Crippen LogP contribution in [0.25, 0.3) is 10.8 Å². The van der Waals surface area contributed by atoms with Crippen LogP contribution in [-0.4, -0.2) is 19.2 Å². The van der Waals surface area contributed by atoms with Gasteiger partial charge in [0.25, 0.3) is 0 Å². The third-order valence-electron chi connectivity index (χ3n) is 3.61. The molecule has 0 saturated heterocycles. The minimum absolute atomic E-state index is 0.211. The molecule has 5 nitrogen and oxygen atoms in total. The molecule has 3 rings (SSSR count). The van der Waals surface area contributed by atoms with Gasteiger partial charge >= 0.3 is 6.03 Å². The van der Waals surface area contributed by atoms with Crippen LogP contribution in [-0.2, 0) is 11.3 Å². The van der Waals surface area contributed by atoms with Gasteiger partial charge in [0.15, 0.2) is 0 Å². The van der Waals surface area contributed by atoms with Gasteiger partial charge in [-0.2, -0.15) is 0 Å². The normalized spacial score (nSPS) is 10.7. The number of anilines is 1. The second kappa shape index (κ2) is 8.17. The summed E-state index contributed by atoms with van der Waals surface area (Å²) in [7, 11) is 0. The number of benzene rings is 2. The maximum absolute atomic E-state index is 12.0. The van der Waals surface area contributed by atoms with Crippen molar-refractivity contribution in [1.29, 1.82) is 0 Å². The zero-order valence-corrected chi connectivity index (χ0v) is 13.3. The molecule has 0 aliphatic heterocycles. The van der Waals surface area contributed by atoms with Gasteiger partial charge in [-0.25, -0.2) is 4.79 Å². The lowest BCUT2D eigenvalue weighted by molar-refractivity contribution is 0.104. The van der Waals surface area contributed by atoms with E-state index in [4.69, 9.17) is 9.15 Å². The molecule has 0 fully saturated rings. The van der Waals surface area contributed by atoms with Crippen molar-refractivity contribution in [3.8, 4) is 0 Å². The van der Waals surface area contributed by atoms with Crippen LogP contribution in [0.4, 0.5) is 10.5 Å². The van der Waals surface area contributed by atoms with Crippen LogP contribution in [0.5, 0.6) is 0 Å². The predicted octanol–water partition coefficient (Wildman–Crippen LogP) is 4.16. The number of fused-ring (bicyclic) bond motifs is 1. The third kappa shape index (κ3) is 4.36. The molecule has 0 aliphatic rings. The number of urea groups is 1. The highest BCUT2D eigenvalue weighted by Gasteiger charge is 2.04. The van der Waals surface area contributed by atoms with E-state index in [0.29, 0.717) is 19.8 Å². The molecule has 0 aliphatic carbocycles. The number of hydrogen-bond donors (Lipinski definition) is 2. The number of rotatable bonds is 7. The summed E-state index contributed by atoms with van der Waals surface area (Å²) in [6, 6.07) is 17.3. The molecule has 124 valence electrons. The number of ether oxygens (including phenoxy) is 1. The van der Waals surface area contributed by atoms with E-state index in [0.717, 1.165) is 28.6 Å². The topological polar surface area (TPSA) is 63.5 Å². The fourth-order valence-electron chi connectivity index (χ4n) is 2.44. The van der Waals surface area contributed by atoms with Gasteiger partial charge < -0.3 is 19.8 Å². The van der Waals surface area contributed by atoms with Gasteiger partial charge in [-0.05, 0) is 30.0 Å². The quantitative estimate of drug-likeness (QED) is 0.641. The highest BCUT2D eigenvalue weighted by molar-refractivity contribution is 6.01. The molecular weight excluding hydrogens is 304 g/mol. The fourth-order valence-corrected chi connectivity index (χ4v) is 2.44. The lowest BCUT2D eigenvalue weighted by Crippen LogP contribution is -2.30. The molecule has 0 atom stereocenters. The smallest absolute Gasteiger partial charge is 0.319 e. The zero-order valence-electron chi connectivity index (χ0n) is 13.3. The Morgan fingerprint density at radius 2 is 1.92 bits per heavy atom. The number of carbonyl (C=O) groups excluding carboxylic acids is 1. The summed E-state index contributed by atoms with van der Waals surface area (Å²) >= 11 is 0. The molecule has 2 amide bonds. The number of nitrogens with one attached hydrogen (secondary N) is 2. The maximum atomic E-state index is 12.0. The number of amides is 2. The molecule has 0 unspecified atom stereocenters. The largest absolute Gasteiger partial charge is 0.467 e. The summed E-state index contributed by atoms with van der Waals surface area (Å²) in [5.41, 5.74) is 0.805. The van der Waals surface area contributed by atoms with Crippen LogP contribution in [0, 0.1) is 0 Å². The first kappa shape index (κ1) is 16.1. The van der Waals surface area contributed by atoms with Crippen LogP contribution < -0.4 is 10.6 Å². The monoisotopic (exact) mass is 324 g/mol. The number of furan rings is 1. The van der Waals surface area contributed by atoms with Gasteiger partial charge in [0.1, 0.15) is 12.4 Å². The Balaban J connectivity index is 1.39. The van der Waals surface area contributed by atoms with Gasteiger partial charge in [0.2, 0.25) is 0 Å². The number of hydrogen-bond acceptors (Lipinski definition) is 3. The zero-order chi connectivity index (χ0) is 16.6. The first-order valence-corrected chi connectivity index (χ1v) is 7.96. The molecule has 0 spiro atoms. The maximum Gasteiger partial charge on any atom is 0.319 e. The Morgan fingerprint density at radius 3 is 2.79 bits per heavy atom. The predicted molar refractivity (Wildman–Crippen MR) is 94.0 cm³/mol. The van der Waals surface area contributed by atoms with Crippen molar-refractivity contribution in [3.63, 3.8) is 0 Å². The minimum atomic E-state index is -0.211. The van der Waals surface area contributed by atoms with E-state index in [1.165, 1.54) is 0 Å². The molecule has 3 aromatic rings. The van der Waals surface area contributed by atoms with Crippen LogP contribution in [0.15, 0.2) is 65.3 Å². The summed E-state index contributed by atoms with van der Waals surface area (Å²) in [5, 5.41) is 7.85. The molecular formula is C19H20N2O3. The Morgan fingerprint density at radius 1 is 1.04 bits per heavy atom. The lowest BCUT2D eigenvalue weighted by Gasteiger charge is -2.10. The van der Waals surface area contributed by atoms with E-state index in [-0.39, 0.29) is 6.03 Å². The minimum Gasteiger partial charge on any atom is -0.467 e. The van der Waals surface area contributed by atoms with Crippen molar-refractivity contribution < 1.29 is 13.9 Å². The highest BCUT2D eigenvalue weighted by Crippen LogP contribution is 2.22. The van der Waals surface area contributed by atoms with Crippen molar-refractivity contribution in [3.05, 3.63) is 66.6 Å².